The van der Waals surface area contributed by atoms with Gasteiger partial charge in [-0.1, -0.05) is 44.9 Å². The zero-order valence-corrected chi connectivity index (χ0v) is 21.7. The predicted octanol–water partition coefficient (Wildman–Crippen LogP) is 7.85. The summed E-state index contributed by atoms with van der Waals surface area (Å²) in [6.45, 7) is 5.83. The number of aryl methyl sites for hydroxylation is 2. The van der Waals surface area contributed by atoms with E-state index in [-0.39, 0.29) is 18.0 Å². The number of amides is 2. The van der Waals surface area contributed by atoms with Crippen LogP contribution in [-0.4, -0.2) is 16.8 Å². The van der Waals surface area contributed by atoms with Gasteiger partial charge in [0.2, 0.25) is 0 Å². The van der Waals surface area contributed by atoms with Crippen molar-refractivity contribution in [3.63, 3.8) is 0 Å². The molecule has 0 atom stereocenters. The highest BCUT2D eigenvalue weighted by Crippen LogP contribution is 2.33. The molecule has 38 heavy (non-hydrogen) atoms. The molecule has 0 aliphatic rings. The highest BCUT2D eigenvalue weighted by atomic mass is 19.4. The summed E-state index contributed by atoms with van der Waals surface area (Å²) in [5.41, 5.74) is 1.95. The van der Waals surface area contributed by atoms with E-state index >= 15 is 0 Å². The van der Waals surface area contributed by atoms with E-state index in [0.29, 0.717) is 35.6 Å². The van der Waals surface area contributed by atoms with Crippen LogP contribution in [0.3, 0.4) is 0 Å². The molecule has 2 amide bonds. The van der Waals surface area contributed by atoms with Crippen LogP contribution >= 0.6 is 0 Å². The largest absolute Gasteiger partial charge is 0.457 e. The maximum Gasteiger partial charge on any atom is 0.416 e. The second kappa shape index (κ2) is 13.1. The third-order valence-electron chi connectivity index (χ3n) is 5.99. The van der Waals surface area contributed by atoms with Crippen LogP contribution in [0.4, 0.5) is 23.7 Å². The molecule has 0 radical (unpaired) electrons. The Morgan fingerprint density at radius 2 is 1.79 bits per heavy atom. The van der Waals surface area contributed by atoms with Gasteiger partial charge in [-0.25, -0.2) is 4.79 Å². The number of alkyl halides is 3. The molecule has 9 heteroatoms. The van der Waals surface area contributed by atoms with Crippen molar-refractivity contribution >= 4 is 17.5 Å². The van der Waals surface area contributed by atoms with Gasteiger partial charge in [-0.3, -0.25) is 9.78 Å². The highest BCUT2D eigenvalue weighted by molar-refractivity contribution is 5.94. The number of hydrogen-bond donors (Lipinski definition) is 2. The van der Waals surface area contributed by atoms with E-state index < -0.39 is 17.8 Å². The van der Waals surface area contributed by atoms with Gasteiger partial charge in [0.25, 0.3) is 0 Å². The number of carbonyl (C=O) groups is 2. The number of nitrogens with zero attached hydrogens (tertiary/aromatic N) is 1. The zero-order valence-electron chi connectivity index (χ0n) is 21.7. The van der Waals surface area contributed by atoms with Crippen molar-refractivity contribution in [2.45, 2.75) is 65.6 Å². The van der Waals surface area contributed by atoms with Gasteiger partial charge < -0.3 is 15.4 Å². The maximum absolute atomic E-state index is 13.2. The lowest BCUT2D eigenvalue weighted by atomic mass is 10.0. The van der Waals surface area contributed by atoms with Crippen molar-refractivity contribution in [1.82, 2.24) is 10.3 Å². The predicted molar refractivity (Wildman–Crippen MR) is 141 cm³/mol. The number of ketones is 1. The number of Topliss-reactive ketones (excluding diaryl/α,β-unsaturated/α-hetero) is 1. The van der Waals surface area contributed by atoms with Gasteiger partial charge in [-0.05, 0) is 60.7 Å². The van der Waals surface area contributed by atoms with E-state index in [4.69, 9.17) is 4.74 Å². The molecule has 1 aromatic heterocycles. The fourth-order valence-corrected chi connectivity index (χ4v) is 3.87. The molecule has 0 spiro atoms. The van der Waals surface area contributed by atoms with E-state index in [1.54, 1.807) is 31.2 Å². The van der Waals surface area contributed by atoms with Gasteiger partial charge in [0.05, 0.1) is 5.56 Å². The molecule has 6 nitrogen and oxygen atoms in total. The normalized spacial score (nSPS) is 11.2. The SMILES string of the molecule is CCCCCc1ccc(C(F)(F)F)cc1NC(=O)NCc1ccc(Oc2ccnc(C(=O)CC)c2)c(C)c1. The Balaban J connectivity index is 1.65. The fourth-order valence-electron chi connectivity index (χ4n) is 3.87. The van der Waals surface area contributed by atoms with Gasteiger partial charge in [0.15, 0.2) is 5.78 Å². The lowest BCUT2D eigenvalue weighted by molar-refractivity contribution is -0.137. The first-order valence-corrected chi connectivity index (χ1v) is 12.6. The zero-order chi connectivity index (χ0) is 27.7. The average Bonchev–Trinajstić information content (AvgIpc) is 2.89. The molecule has 2 aromatic carbocycles. The average molecular weight is 528 g/mol. The third-order valence-corrected chi connectivity index (χ3v) is 5.99. The summed E-state index contributed by atoms with van der Waals surface area (Å²) in [6, 6.07) is 11.5. The van der Waals surface area contributed by atoms with Crippen molar-refractivity contribution in [3.8, 4) is 11.5 Å². The van der Waals surface area contributed by atoms with Crippen LogP contribution in [0.15, 0.2) is 54.7 Å². The number of pyridine rings is 1. The summed E-state index contributed by atoms with van der Waals surface area (Å²) >= 11 is 0. The number of rotatable bonds is 11. The maximum atomic E-state index is 13.2. The Labute approximate surface area is 220 Å². The topological polar surface area (TPSA) is 80.3 Å². The number of ether oxygens (including phenoxy) is 1. The summed E-state index contributed by atoms with van der Waals surface area (Å²) < 4.78 is 45.6. The van der Waals surface area contributed by atoms with Crippen LogP contribution in [0.2, 0.25) is 0 Å². The molecule has 0 aliphatic carbocycles. The number of benzene rings is 2. The van der Waals surface area contributed by atoms with Gasteiger partial charge in [0.1, 0.15) is 17.2 Å². The smallest absolute Gasteiger partial charge is 0.416 e. The number of anilines is 1. The van der Waals surface area contributed by atoms with Gasteiger partial charge >= 0.3 is 12.2 Å². The lowest BCUT2D eigenvalue weighted by Crippen LogP contribution is -2.28. The molecule has 3 rings (SSSR count). The second-order valence-electron chi connectivity index (χ2n) is 8.99. The van der Waals surface area contributed by atoms with Crippen LogP contribution in [0.25, 0.3) is 0 Å². The summed E-state index contributed by atoms with van der Waals surface area (Å²) in [7, 11) is 0. The van der Waals surface area contributed by atoms with E-state index in [2.05, 4.69) is 15.6 Å². The first-order chi connectivity index (χ1) is 18.1. The van der Waals surface area contributed by atoms with Gasteiger partial charge in [-0.15, -0.1) is 0 Å². The van der Waals surface area contributed by atoms with E-state index in [0.717, 1.165) is 42.5 Å². The molecule has 3 aromatic rings. The highest BCUT2D eigenvalue weighted by Gasteiger charge is 2.31. The summed E-state index contributed by atoms with van der Waals surface area (Å²) in [4.78, 5) is 28.5. The summed E-state index contributed by atoms with van der Waals surface area (Å²) in [6.07, 6.45) is 0.692. The quantitative estimate of drug-likeness (QED) is 0.197. The van der Waals surface area contributed by atoms with Crippen molar-refractivity contribution in [3.05, 3.63) is 82.7 Å². The van der Waals surface area contributed by atoms with Crippen LogP contribution < -0.4 is 15.4 Å². The lowest BCUT2D eigenvalue weighted by Gasteiger charge is -2.16. The Morgan fingerprint density at radius 1 is 1.00 bits per heavy atom. The summed E-state index contributed by atoms with van der Waals surface area (Å²) in [5, 5.41) is 5.29. The Kier molecular flexibility index (Phi) is 9.87. The molecule has 0 unspecified atom stereocenters. The number of urea groups is 1. The van der Waals surface area contributed by atoms with Crippen molar-refractivity contribution < 1.29 is 27.5 Å². The number of unbranched alkanes of at least 4 members (excludes halogenated alkanes) is 2. The minimum Gasteiger partial charge on any atom is -0.457 e. The first kappa shape index (κ1) is 28.7. The van der Waals surface area contributed by atoms with Crippen molar-refractivity contribution in [2.24, 2.45) is 0 Å². The molecule has 1 heterocycles. The number of hydrogen-bond acceptors (Lipinski definition) is 4. The molecular formula is C29H32F3N3O3. The van der Waals surface area contributed by atoms with Gasteiger partial charge in [-0.2, -0.15) is 13.2 Å². The van der Waals surface area contributed by atoms with Crippen LogP contribution in [-0.2, 0) is 19.1 Å². The molecule has 0 saturated heterocycles. The first-order valence-electron chi connectivity index (χ1n) is 12.6. The van der Waals surface area contributed by atoms with Crippen LogP contribution in [0, 0.1) is 6.92 Å². The molecule has 0 saturated carbocycles. The van der Waals surface area contributed by atoms with Crippen LogP contribution in [0.5, 0.6) is 11.5 Å². The second-order valence-corrected chi connectivity index (χ2v) is 8.99. The molecule has 202 valence electrons. The number of halogens is 3. The van der Waals surface area contributed by atoms with E-state index in [9.17, 15) is 22.8 Å². The van der Waals surface area contributed by atoms with E-state index in [1.165, 1.54) is 12.3 Å². The molecule has 0 fully saturated rings. The minimum absolute atomic E-state index is 0.0786. The monoisotopic (exact) mass is 527 g/mol. The standard InChI is InChI=1S/C29H32F3N3O3/c1-4-6-7-8-21-10-11-22(29(30,31)32)16-24(21)35-28(37)34-18-20-9-12-27(19(3)15-20)38-23-13-14-33-25(17-23)26(36)5-2/h9-17H,4-8,18H2,1-3H3,(H2,34,35,37). The molecule has 2 N–H and O–H groups in total. The Hall–Kier alpha value is -3.88. The molecule has 0 bridgehead atoms. The summed E-state index contributed by atoms with van der Waals surface area (Å²) in [5.74, 6) is 0.992. The van der Waals surface area contributed by atoms with Gasteiger partial charge in [0, 0.05) is 30.9 Å². The van der Waals surface area contributed by atoms with Crippen molar-refractivity contribution in [1.29, 1.82) is 0 Å². The Morgan fingerprint density at radius 3 is 2.47 bits per heavy atom. The fraction of sp³-hybridized carbons (Fsp3) is 0.345. The van der Waals surface area contributed by atoms with E-state index in [1.807, 2.05) is 19.9 Å². The number of carbonyl (C=O) groups excluding carboxylic acids is 2. The number of aromatic nitrogens is 1. The van der Waals surface area contributed by atoms with Crippen LogP contribution in [0.1, 0.15) is 72.3 Å². The minimum atomic E-state index is -4.50. The number of nitrogens with one attached hydrogen (secondary N) is 2. The van der Waals surface area contributed by atoms with Crippen molar-refractivity contribution in [2.75, 3.05) is 5.32 Å². The molecular weight excluding hydrogens is 495 g/mol. The molecule has 0 aliphatic heterocycles. The Bertz CT molecular complexity index is 1280. The third kappa shape index (κ3) is 8.06.